The number of nitrogens with zero attached hydrogens (tertiary/aromatic N) is 5. The zero-order valence-electron chi connectivity index (χ0n) is 17.6. The van der Waals surface area contributed by atoms with Gasteiger partial charge in [0.25, 0.3) is 0 Å². The standard InChI is InChI=1S/C22H32N6S.HI/c23-21(27-12-14-28(15-13-27)22-24-9-16-29-22)25-17-19-7-3-4-8-20(19)18-26-10-5-1-2-6-11-26;/h3-4,7-9,16H,1-2,5-6,10-15,17-18H2,(H2,23,25);1H. The molecule has 1 aromatic heterocycles. The van der Waals surface area contributed by atoms with Gasteiger partial charge in [0, 0.05) is 44.3 Å². The maximum absolute atomic E-state index is 6.35. The van der Waals surface area contributed by atoms with Crippen molar-refractivity contribution in [3.05, 3.63) is 47.0 Å². The molecule has 2 aliphatic rings. The quantitative estimate of drug-likeness (QED) is 0.356. The number of hydrogen-bond donors (Lipinski definition) is 1. The Hall–Kier alpha value is -1.39. The molecule has 2 N–H and O–H groups in total. The van der Waals surface area contributed by atoms with Crippen molar-refractivity contribution in [3.8, 4) is 0 Å². The van der Waals surface area contributed by atoms with Crippen LogP contribution in [0.2, 0.25) is 0 Å². The van der Waals surface area contributed by atoms with E-state index in [1.807, 2.05) is 11.6 Å². The van der Waals surface area contributed by atoms with E-state index in [1.54, 1.807) is 11.3 Å². The van der Waals surface area contributed by atoms with Crippen LogP contribution in [0.5, 0.6) is 0 Å². The molecule has 1 aromatic carbocycles. The van der Waals surface area contributed by atoms with Crippen molar-refractivity contribution in [2.75, 3.05) is 44.2 Å². The van der Waals surface area contributed by atoms with Gasteiger partial charge >= 0.3 is 0 Å². The summed E-state index contributed by atoms with van der Waals surface area (Å²) in [5.74, 6) is 0.661. The zero-order valence-corrected chi connectivity index (χ0v) is 20.7. The number of aliphatic imine (C=N–C) groups is 1. The number of likely N-dealkylation sites (tertiary alicyclic amines) is 1. The van der Waals surface area contributed by atoms with E-state index < -0.39 is 0 Å². The second-order valence-electron chi connectivity index (χ2n) is 7.92. The molecule has 0 spiro atoms. The Morgan fingerprint density at radius 2 is 1.67 bits per heavy atom. The highest BCUT2D eigenvalue weighted by molar-refractivity contribution is 14.0. The van der Waals surface area contributed by atoms with Crippen molar-refractivity contribution >= 4 is 46.4 Å². The Morgan fingerprint density at radius 3 is 2.33 bits per heavy atom. The van der Waals surface area contributed by atoms with Crippen LogP contribution in [0.3, 0.4) is 0 Å². The molecule has 2 saturated heterocycles. The molecule has 0 amide bonds. The van der Waals surface area contributed by atoms with Crippen LogP contribution in [0.15, 0.2) is 40.8 Å². The normalized spacial score (nSPS) is 18.7. The van der Waals surface area contributed by atoms with E-state index in [9.17, 15) is 0 Å². The number of thiazole rings is 1. The predicted molar refractivity (Wildman–Crippen MR) is 137 cm³/mol. The van der Waals surface area contributed by atoms with Crippen molar-refractivity contribution < 1.29 is 0 Å². The fourth-order valence-electron chi connectivity index (χ4n) is 4.17. The van der Waals surface area contributed by atoms with E-state index in [-0.39, 0.29) is 24.0 Å². The summed E-state index contributed by atoms with van der Waals surface area (Å²) in [6.07, 6.45) is 7.25. The van der Waals surface area contributed by atoms with Crippen LogP contribution < -0.4 is 10.6 Å². The van der Waals surface area contributed by atoms with Gasteiger partial charge in [-0.2, -0.15) is 0 Å². The minimum Gasteiger partial charge on any atom is -0.370 e. The summed E-state index contributed by atoms with van der Waals surface area (Å²) in [6.45, 7) is 7.77. The molecule has 8 heteroatoms. The molecular weight excluding hydrogens is 507 g/mol. The van der Waals surface area contributed by atoms with E-state index in [1.165, 1.54) is 49.9 Å². The maximum Gasteiger partial charge on any atom is 0.191 e. The minimum atomic E-state index is 0. The predicted octanol–water partition coefficient (Wildman–Crippen LogP) is 3.77. The maximum atomic E-state index is 6.35. The summed E-state index contributed by atoms with van der Waals surface area (Å²) < 4.78 is 0. The van der Waals surface area contributed by atoms with E-state index in [2.05, 4.69) is 43.9 Å². The van der Waals surface area contributed by atoms with Crippen LogP contribution in [-0.2, 0) is 13.1 Å². The monoisotopic (exact) mass is 540 g/mol. The van der Waals surface area contributed by atoms with Crippen LogP contribution in [0.1, 0.15) is 36.8 Å². The smallest absolute Gasteiger partial charge is 0.191 e. The lowest BCUT2D eigenvalue weighted by molar-refractivity contribution is 0.276. The third kappa shape index (κ3) is 6.31. The number of nitrogens with two attached hydrogens (primary N) is 1. The first kappa shape index (κ1) is 23.3. The van der Waals surface area contributed by atoms with E-state index in [0.29, 0.717) is 12.5 Å². The number of benzene rings is 1. The minimum absolute atomic E-state index is 0. The molecule has 0 saturated carbocycles. The third-order valence-corrected chi connectivity index (χ3v) is 6.75. The Balaban J connectivity index is 0.00000256. The first-order valence-corrected chi connectivity index (χ1v) is 11.7. The molecular formula is C22H33IN6S. The number of hydrogen-bond acceptors (Lipinski definition) is 5. The molecule has 164 valence electrons. The summed E-state index contributed by atoms with van der Waals surface area (Å²) in [5.41, 5.74) is 9.03. The molecule has 0 unspecified atom stereocenters. The first-order chi connectivity index (χ1) is 14.3. The van der Waals surface area contributed by atoms with Crippen LogP contribution in [0.4, 0.5) is 5.13 Å². The lowest BCUT2D eigenvalue weighted by Crippen LogP contribution is -2.51. The Bertz CT molecular complexity index is 781. The Morgan fingerprint density at radius 1 is 0.967 bits per heavy atom. The van der Waals surface area contributed by atoms with Gasteiger partial charge in [-0.3, -0.25) is 4.90 Å². The van der Waals surface area contributed by atoms with Crippen molar-refractivity contribution in [1.82, 2.24) is 14.8 Å². The fraction of sp³-hybridized carbons (Fsp3) is 0.545. The molecule has 30 heavy (non-hydrogen) atoms. The molecule has 2 aliphatic heterocycles. The van der Waals surface area contributed by atoms with Gasteiger partial charge in [0.2, 0.25) is 0 Å². The molecule has 0 aliphatic carbocycles. The highest BCUT2D eigenvalue weighted by Crippen LogP contribution is 2.19. The van der Waals surface area contributed by atoms with Crippen LogP contribution >= 0.6 is 35.3 Å². The number of rotatable bonds is 5. The number of piperazine rings is 1. The van der Waals surface area contributed by atoms with Crippen molar-refractivity contribution in [3.63, 3.8) is 0 Å². The fourth-order valence-corrected chi connectivity index (χ4v) is 4.86. The second-order valence-corrected chi connectivity index (χ2v) is 8.80. The largest absolute Gasteiger partial charge is 0.370 e. The van der Waals surface area contributed by atoms with Crippen molar-refractivity contribution in [2.24, 2.45) is 10.7 Å². The first-order valence-electron chi connectivity index (χ1n) is 10.8. The molecule has 3 heterocycles. The third-order valence-electron chi connectivity index (χ3n) is 5.92. The molecule has 4 rings (SSSR count). The highest BCUT2D eigenvalue weighted by atomic mass is 127. The summed E-state index contributed by atoms with van der Waals surface area (Å²) in [7, 11) is 0. The van der Waals surface area contributed by atoms with Crippen molar-refractivity contribution in [2.45, 2.75) is 38.8 Å². The molecule has 0 radical (unpaired) electrons. The van der Waals surface area contributed by atoms with Gasteiger partial charge in [0.05, 0.1) is 6.54 Å². The zero-order chi connectivity index (χ0) is 19.9. The van der Waals surface area contributed by atoms with E-state index in [0.717, 1.165) is 37.9 Å². The number of aromatic nitrogens is 1. The van der Waals surface area contributed by atoms with Gasteiger partial charge in [-0.15, -0.1) is 35.3 Å². The Labute approximate surface area is 201 Å². The molecule has 2 fully saturated rings. The number of halogens is 1. The lowest BCUT2D eigenvalue weighted by Gasteiger charge is -2.35. The lowest BCUT2D eigenvalue weighted by atomic mass is 10.1. The number of anilines is 1. The molecule has 6 nitrogen and oxygen atoms in total. The average molecular weight is 541 g/mol. The SMILES string of the molecule is I.NC(=NCc1ccccc1CN1CCCCCC1)N1CCN(c2nccs2)CC1. The van der Waals surface area contributed by atoms with Gasteiger partial charge in [-0.05, 0) is 37.1 Å². The summed E-state index contributed by atoms with van der Waals surface area (Å²) in [6, 6.07) is 8.70. The van der Waals surface area contributed by atoms with Gasteiger partial charge < -0.3 is 15.5 Å². The van der Waals surface area contributed by atoms with Gasteiger partial charge in [0.1, 0.15) is 0 Å². The molecule has 0 bridgehead atoms. The molecule has 2 aromatic rings. The summed E-state index contributed by atoms with van der Waals surface area (Å²) in [5, 5.41) is 3.13. The highest BCUT2D eigenvalue weighted by Gasteiger charge is 2.20. The van der Waals surface area contributed by atoms with Crippen LogP contribution in [0, 0.1) is 0 Å². The van der Waals surface area contributed by atoms with E-state index in [4.69, 9.17) is 10.7 Å². The average Bonchev–Trinajstić information content (AvgIpc) is 3.18. The Kier molecular flexibility index (Phi) is 9.20. The number of guanidine groups is 1. The summed E-state index contributed by atoms with van der Waals surface area (Å²) in [4.78, 5) is 16.3. The molecule has 0 atom stereocenters. The van der Waals surface area contributed by atoms with E-state index >= 15 is 0 Å². The van der Waals surface area contributed by atoms with Crippen molar-refractivity contribution in [1.29, 1.82) is 0 Å². The van der Waals surface area contributed by atoms with Gasteiger partial charge in [-0.25, -0.2) is 9.98 Å². The van der Waals surface area contributed by atoms with Gasteiger partial charge in [0.15, 0.2) is 11.1 Å². The van der Waals surface area contributed by atoms with Crippen LogP contribution in [0.25, 0.3) is 0 Å². The second kappa shape index (κ2) is 11.9. The summed E-state index contributed by atoms with van der Waals surface area (Å²) >= 11 is 1.69. The van der Waals surface area contributed by atoms with Gasteiger partial charge in [-0.1, -0.05) is 37.1 Å². The topological polar surface area (TPSA) is 61.0 Å². The van der Waals surface area contributed by atoms with Crippen LogP contribution in [-0.4, -0.2) is 60.0 Å².